The second kappa shape index (κ2) is 7.66. The van der Waals surface area contributed by atoms with Crippen LogP contribution in [0.25, 0.3) is 0 Å². The lowest BCUT2D eigenvalue weighted by molar-refractivity contribution is -0.137. The van der Waals surface area contributed by atoms with Crippen LogP contribution >= 0.6 is 0 Å². The van der Waals surface area contributed by atoms with Crippen LogP contribution in [-0.4, -0.2) is 17.0 Å². The number of anilines is 1. The quantitative estimate of drug-likeness (QED) is 0.717. The molecule has 0 saturated heterocycles. The molecule has 2 N–H and O–H groups in total. The smallest absolute Gasteiger partial charge is 0.315 e. The maximum atomic E-state index is 12.5. The first kappa shape index (κ1) is 17.4. The minimum Gasteiger partial charge on any atom is -0.481 e. The summed E-state index contributed by atoms with van der Waals surface area (Å²) >= 11 is 0. The van der Waals surface area contributed by atoms with Gasteiger partial charge in [-0.2, -0.15) is 0 Å². The Morgan fingerprint density at radius 2 is 1.50 bits per heavy atom. The summed E-state index contributed by atoms with van der Waals surface area (Å²) in [5.41, 5.74) is 3.18. The molecule has 0 fully saturated rings. The van der Waals surface area contributed by atoms with E-state index in [0.717, 1.165) is 5.56 Å². The fourth-order valence-electron chi connectivity index (χ4n) is 2.92. The van der Waals surface area contributed by atoms with Crippen molar-refractivity contribution in [3.63, 3.8) is 0 Å². The van der Waals surface area contributed by atoms with Crippen LogP contribution in [0.2, 0.25) is 0 Å². The van der Waals surface area contributed by atoms with Crippen LogP contribution in [0.1, 0.15) is 33.0 Å². The Balaban J connectivity index is 2.02. The van der Waals surface area contributed by atoms with Crippen LogP contribution in [0, 0.1) is 6.92 Å². The molecule has 0 heterocycles. The van der Waals surface area contributed by atoms with Crippen LogP contribution in [0.15, 0.2) is 78.9 Å². The number of hydrogen-bond donors (Lipinski definition) is 2. The highest BCUT2D eigenvalue weighted by molar-refractivity contribution is 6.05. The van der Waals surface area contributed by atoms with Crippen LogP contribution in [0.5, 0.6) is 0 Å². The van der Waals surface area contributed by atoms with E-state index in [1.807, 2.05) is 43.3 Å². The Hall–Kier alpha value is -3.40. The summed E-state index contributed by atoms with van der Waals surface area (Å²) in [6, 6.07) is 23.3. The zero-order chi connectivity index (χ0) is 18.5. The molecule has 0 aliphatic heterocycles. The van der Waals surface area contributed by atoms with E-state index in [1.54, 1.807) is 42.5 Å². The summed E-state index contributed by atoms with van der Waals surface area (Å²) in [5.74, 6) is -2.09. The Kier molecular flexibility index (Phi) is 5.13. The van der Waals surface area contributed by atoms with Gasteiger partial charge < -0.3 is 10.4 Å². The number of amides is 1. The summed E-state index contributed by atoms with van der Waals surface area (Å²) in [6.45, 7) is 1.90. The van der Waals surface area contributed by atoms with Crippen molar-refractivity contribution in [2.24, 2.45) is 0 Å². The number of aryl methyl sites for hydroxylation is 1. The minimum absolute atomic E-state index is 0.270. The normalized spacial score (nSPS) is 11.6. The number of carbonyl (C=O) groups is 2. The summed E-state index contributed by atoms with van der Waals surface area (Å²) < 4.78 is 0. The molecule has 3 aromatic carbocycles. The van der Waals surface area contributed by atoms with Crippen molar-refractivity contribution in [3.05, 3.63) is 101 Å². The molecule has 130 valence electrons. The molecule has 0 saturated carbocycles. The highest BCUT2D eigenvalue weighted by Gasteiger charge is 2.25. The standard InChI is InChI=1S/C22H19NO3/c1-15-12-13-19(23-21(24)17-10-6-3-7-11-17)18(14-15)20(22(25)26)16-8-4-2-5-9-16/h2-14,20H,1H3,(H,23,24)(H,25,26). The first-order valence-corrected chi connectivity index (χ1v) is 8.31. The van der Waals surface area contributed by atoms with Crippen molar-refractivity contribution >= 4 is 17.6 Å². The number of nitrogens with one attached hydrogen (secondary N) is 1. The van der Waals surface area contributed by atoms with Crippen molar-refractivity contribution in [3.8, 4) is 0 Å². The molecule has 0 bridgehead atoms. The molecular formula is C22H19NO3. The summed E-state index contributed by atoms with van der Waals surface area (Å²) in [5, 5.41) is 12.7. The molecule has 0 aromatic heterocycles. The topological polar surface area (TPSA) is 66.4 Å². The van der Waals surface area contributed by atoms with Gasteiger partial charge in [-0.25, -0.2) is 0 Å². The SMILES string of the molecule is Cc1ccc(NC(=O)c2ccccc2)c(C(C(=O)O)c2ccccc2)c1. The van der Waals surface area contributed by atoms with E-state index in [4.69, 9.17) is 0 Å². The molecule has 1 unspecified atom stereocenters. The second-order valence-electron chi connectivity index (χ2n) is 6.09. The van der Waals surface area contributed by atoms with Gasteiger partial charge in [0.2, 0.25) is 0 Å². The van der Waals surface area contributed by atoms with Crippen molar-refractivity contribution in [2.45, 2.75) is 12.8 Å². The van der Waals surface area contributed by atoms with E-state index < -0.39 is 11.9 Å². The Bertz CT molecular complexity index is 921. The Labute approximate surface area is 152 Å². The van der Waals surface area contributed by atoms with Crippen LogP contribution in [-0.2, 0) is 4.79 Å². The predicted octanol–water partition coefficient (Wildman–Crippen LogP) is 4.46. The molecule has 4 nitrogen and oxygen atoms in total. The third-order valence-electron chi connectivity index (χ3n) is 4.18. The van der Waals surface area contributed by atoms with Gasteiger partial charge in [-0.15, -0.1) is 0 Å². The van der Waals surface area contributed by atoms with E-state index >= 15 is 0 Å². The number of hydrogen-bond acceptors (Lipinski definition) is 2. The summed E-state index contributed by atoms with van der Waals surface area (Å²) in [6.07, 6.45) is 0. The van der Waals surface area contributed by atoms with Gasteiger partial charge in [0.05, 0.1) is 0 Å². The minimum atomic E-state index is -0.961. The van der Waals surface area contributed by atoms with Crippen molar-refractivity contribution in [2.75, 3.05) is 5.32 Å². The molecule has 26 heavy (non-hydrogen) atoms. The largest absolute Gasteiger partial charge is 0.481 e. The average Bonchev–Trinajstić information content (AvgIpc) is 2.65. The van der Waals surface area contributed by atoms with Gasteiger partial charge in [-0.1, -0.05) is 66.2 Å². The predicted molar refractivity (Wildman–Crippen MR) is 101 cm³/mol. The molecule has 0 aliphatic rings. The number of carbonyl (C=O) groups excluding carboxylic acids is 1. The molecule has 0 spiro atoms. The lowest BCUT2D eigenvalue weighted by atomic mass is 9.89. The fourth-order valence-corrected chi connectivity index (χ4v) is 2.92. The van der Waals surface area contributed by atoms with Gasteiger partial charge in [0.1, 0.15) is 5.92 Å². The number of carboxylic acids is 1. The fraction of sp³-hybridized carbons (Fsp3) is 0.0909. The third-order valence-corrected chi connectivity index (χ3v) is 4.18. The molecule has 1 atom stereocenters. The first-order valence-electron chi connectivity index (χ1n) is 8.31. The van der Waals surface area contributed by atoms with Crippen molar-refractivity contribution in [1.82, 2.24) is 0 Å². The molecule has 0 aliphatic carbocycles. The number of benzene rings is 3. The van der Waals surface area contributed by atoms with Crippen LogP contribution < -0.4 is 5.32 Å². The Morgan fingerprint density at radius 3 is 2.12 bits per heavy atom. The first-order chi connectivity index (χ1) is 12.6. The molecule has 1 amide bonds. The average molecular weight is 345 g/mol. The third kappa shape index (κ3) is 3.81. The van der Waals surface area contributed by atoms with Crippen LogP contribution in [0.4, 0.5) is 5.69 Å². The lowest BCUT2D eigenvalue weighted by Crippen LogP contribution is -2.18. The van der Waals surface area contributed by atoms with Gasteiger partial charge in [0, 0.05) is 11.3 Å². The highest BCUT2D eigenvalue weighted by atomic mass is 16.4. The van der Waals surface area contributed by atoms with Gasteiger partial charge in [0.15, 0.2) is 0 Å². The molecular weight excluding hydrogens is 326 g/mol. The monoisotopic (exact) mass is 345 g/mol. The van der Waals surface area contributed by atoms with E-state index in [2.05, 4.69) is 5.32 Å². The Morgan fingerprint density at radius 1 is 0.885 bits per heavy atom. The zero-order valence-corrected chi connectivity index (χ0v) is 14.3. The van der Waals surface area contributed by atoms with Gasteiger partial charge in [0.25, 0.3) is 5.91 Å². The van der Waals surface area contributed by atoms with Gasteiger partial charge in [-0.3, -0.25) is 9.59 Å². The highest BCUT2D eigenvalue weighted by Crippen LogP contribution is 2.32. The number of aliphatic carboxylic acids is 1. The van der Waals surface area contributed by atoms with Gasteiger partial charge >= 0.3 is 5.97 Å². The van der Waals surface area contributed by atoms with Crippen molar-refractivity contribution < 1.29 is 14.7 Å². The molecule has 4 heteroatoms. The number of carboxylic acid groups (broad SMARTS) is 1. The van der Waals surface area contributed by atoms with Crippen molar-refractivity contribution in [1.29, 1.82) is 0 Å². The maximum Gasteiger partial charge on any atom is 0.315 e. The van der Waals surface area contributed by atoms with E-state index in [9.17, 15) is 14.7 Å². The van der Waals surface area contributed by atoms with Crippen LogP contribution in [0.3, 0.4) is 0 Å². The summed E-state index contributed by atoms with van der Waals surface area (Å²) in [7, 11) is 0. The number of rotatable bonds is 5. The van der Waals surface area contributed by atoms with E-state index in [1.165, 1.54) is 0 Å². The molecule has 3 rings (SSSR count). The van der Waals surface area contributed by atoms with E-state index in [0.29, 0.717) is 22.4 Å². The van der Waals surface area contributed by atoms with Gasteiger partial charge in [-0.05, 0) is 36.2 Å². The molecule has 3 aromatic rings. The lowest BCUT2D eigenvalue weighted by Gasteiger charge is -2.19. The zero-order valence-electron chi connectivity index (χ0n) is 14.3. The maximum absolute atomic E-state index is 12.5. The summed E-state index contributed by atoms with van der Waals surface area (Å²) in [4.78, 5) is 24.5. The second-order valence-corrected chi connectivity index (χ2v) is 6.09. The van der Waals surface area contributed by atoms with E-state index in [-0.39, 0.29) is 5.91 Å². The molecule has 0 radical (unpaired) electrons.